The molecule has 0 bridgehead atoms. The molecule has 0 saturated heterocycles. The van der Waals surface area contributed by atoms with Gasteiger partial charge in [0.2, 0.25) is 0 Å². The van der Waals surface area contributed by atoms with Crippen LogP contribution in [0.2, 0.25) is 0 Å². The van der Waals surface area contributed by atoms with Crippen molar-refractivity contribution < 1.29 is 4.39 Å². The summed E-state index contributed by atoms with van der Waals surface area (Å²) < 4.78 is 17.7. The molecular weight excluding hydrogens is 627 g/mol. The molecule has 11 heteroatoms. The van der Waals surface area contributed by atoms with Gasteiger partial charge in [-0.3, -0.25) is 9.97 Å². The smallest absolute Gasteiger partial charge is 0.173 e. The fourth-order valence-corrected chi connectivity index (χ4v) is 5.34. The summed E-state index contributed by atoms with van der Waals surface area (Å²) in [4.78, 5) is 17.5. The summed E-state index contributed by atoms with van der Waals surface area (Å²) in [7, 11) is 0. The number of nitrogens with zero attached hydrogens (tertiary/aromatic N) is 8. The molecule has 0 radical (unpaired) electrons. The average molecular weight is 659 g/mol. The molecule has 0 atom stereocenters. The van der Waals surface area contributed by atoms with Gasteiger partial charge in [-0.25, -0.2) is 14.4 Å². The summed E-state index contributed by atoms with van der Waals surface area (Å²) in [5, 5.41) is 15.5. The number of fused-ring (bicyclic) bond motifs is 2. The van der Waals surface area contributed by atoms with Crippen molar-refractivity contribution in [2.24, 2.45) is 0 Å². The molecule has 0 aliphatic carbocycles. The fraction of sp³-hybridized carbons (Fsp3) is 0.0769. The average Bonchev–Trinajstić information content (AvgIpc) is 3.77. The van der Waals surface area contributed by atoms with Crippen LogP contribution in [-0.4, -0.2) is 39.2 Å². The molecule has 6 heterocycles. The van der Waals surface area contributed by atoms with E-state index in [1.165, 1.54) is 6.07 Å². The topological polar surface area (TPSA) is 110 Å². The van der Waals surface area contributed by atoms with Gasteiger partial charge in [0, 0.05) is 66.7 Å². The minimum atomic E-state index is -0.343. The number of hydrogen-bond acceptors (Lipinski definition) is 8. The Morgan fingerprint density at radius 2 is 1.28 bits per heavy atom. The lowest BCUT2D eigenvalue weighted by molar-refractivity contribution is 0.630. The molecule has 0 saturated carbocycles. The van der Waals surface area contributed by atoms with Crippen molar-refractivity contribution in [3.8, 4) is 34.9 Å². The highest BCUT2D eigenvalue weighted by Crippen LogP contribution is 2.26. The molecule has 2 N–H and O–H groups in total. The third-order valence-electron chi connectivity index (χ3n) is 7.89. The van der Waals surface area contributed by atoms with E-state index >= 15 is 0 Å². The van der Waals surface area contributed by atoms with Crippen molar-refractivity contribution in [2.45, 2.75) is 20.0 Å². The van der Waals surface area contributed by atoms with E-state index in [1.807, 2.05) is 72.4 Å². The minimum absolute atomic E-state index is 0.343. The van der Waals surface area contributed by atoms with Crippen molar-refractivity contribution in [2.75, 3.05) is 10.6 Å². The number of hydrogen-bond donors (Lipinski definition) is 2. The first kappa shape index (κ1) is 31.7. The Labute approximate surface area is 287 Å². The van der Waals surface area contributed by atoms with E-state index in [0.717, 1.165) is 39.4 Å². The van der Waals surface area contributed by atoms with Crippen molar-refractivity contribution in [3.05, 3.63) is 156 Å². The number of aryl methyl sites for hydroxylation is 1. The maximum absolute atomic E-state index is 14.2. The third-order valence-corrected chi connectivity index (χ3v) is 7.89. The number of pyridine rings is 2. The monoisotopic (exact) mass is 658 g/mol. The highest BCUT2D eigenvalue weighted by Gasteiger charge is 2.14. The van der Waals surface area contributed by atoms with E-state index in [9.17, 15) is 4.39 Å². The first-order valence-corrected chi connectivity index (χ1v) is 15.8. The summed E-state index contributed by atoms with van der Waals surface area (Å²) in [6.07, 6.45) is 16.1. The summed E-state index contributed by atoms with van der Waals surface area (Å²) in [5.74, 6) is 3.80. The summed E-state index contributed by atoms with van der Waals surface area (Å²) >= 11 is 0. The van der Waals surface area contributed by atoms with Gasteiger partial charge >= 0.3 is 0 Å². The molecule has 8 aromatic rings. The van der Waals surface area contributed by atoms with E-state index in [4.69, 9.17) is 11.4 Å². The predicted octanol–water partition coefficient (Wildman–Crippen LogP) is 7.24. The summed E-state index contributed by atoms with van der Waals surface area (Å²) in [6, 6.07) is 28.3. The van der Waals surface area contributed by atoms with Crippen molar-refractivity contribution >= 4 is 22.9 Å². The Morgan fingerprint density at radius 3 is 1.92 bits per heavy atom. The van der Waals surface area contributed by atoms with Gasteiger partial charge in [0.25, 0.3) is 0 Å². The van der Waals surface area contributed by atoms with Gasteiger partial charge in [-0.05, 0) is 42.3 Å². The van der Waals surface area contributed by atoms with Crippen molar-refractivity contribution in [1.82, 2.24) is 39.2 Å². The molecule has 6 aromatic heterocycles. The lowest BCUT2D eigenvalue weighted by Gasteiger charge is -2.11. The maximum Gasteiger partial charge on any atom is 0.173 e. The van der Waals surface area contributed by atoms with Gasteiger partial charge in [0.05, 0.1) is 29.3 Å². The number of nitrogens with one attached hydrogen (secondary N) is 2. The molecule has 2 aromatic carbocycles. The molecular formula is C39H31FN10. The van der Waals surface area contributed by atoms with E-state index in [1.54, 1.807) is 53.6 Å². The van der Waals surface area contributed by atoms with E-state index in [-0.39, 0.29) is 5.82 Å². The minimum Gasteiger partial charge on any atom is -0.366 e. The molecule has 10 nitrogen and oxygen atoms in total. The normalized spacial score (nSPS) is 10.7. The Balaban J connectivity index is 0.000000157. The van der Waals surface area contributed by atoms with E-state index in [0.29, 0.717) is 41.4 Å². The summed E-state index contributed by atoms with van der Waals surface area (Å²) in [5.41, 5.74) is 8.01. The number of anilines is 2. The number of aromatic nitrogens is 8. The van der Waals surface area contributed by atoms with Crippen LogP contribution < -0.4 is 10.6 Å². The Hall–Kier alpha value is -6.93. The Kier molecular flexibility index (Phi) is 9.15. The van der Waals surface area contributed by atoms with Crippen molar-refractivity contribution in [3.63, 3.8) is 0 Å². The number of rotatable bonds is 8. The molecule has 0 aliphatic rings. The zero-order valence-corrected chi connectivity index (χ0v) is 27.1. The number of halogens is 1. The first-order chi connectivity index (χ1) is 24.6. The molecule has 50 heavy (non-hydrogen) atoms. The van der Waals surface area contributed by atoms with Gasteiger partial charge < -0.3 is 10.6 Å². The van der Waals surface area contributed by atoms with Crippen LogP contribution in [0.5, 0.6) is 0 Å². The van der Waals surface area contributed by atoms with Gasteiger partial charge in [-0.1, -0.05) is 60.5 Å². The molecule has 0 amide bonds. The van der Waals surface area contributed by atoms with Gasteiger partial charge in [0.15, 0.2) is 11.3 Å². The highest BCUT2D eigenvalue weighted by atomic mass is 19.1. The van der Waals surface area contributed by atoms with Gasteiger partial charge in [-0.2, -0.15) is 19.2 Å². The third kappa shape index (κ3) is 6.86. The quantitative estimate of drug-likeness (QED) is 0.165. The Morgan fingerprint density at radius 1 is 0.680 bits per heavy atom. The lowest BCUT2D eigenvalue weighted by Crippen LogP contribution is -2.07. The lowest BCUT2D eigenvalue weighted by atomic mass is 10.1. The second-order valence-electron chi connectivity index (χ2n) is 11.3. The number of benzene rings is 2. The second-order valence-corrected chi connectivity index (χ2v) is 11.3. The zero-order chi connectivity index (χ0) is 34.3. The van der Waals surface area contributed by atoms with Crippen molar-refractivity contribution in [1.29, 1.82) is 0 Å². The SMILES string of the molecule is C#Cc1cnn2c(NCc3cccnc3)cc(-c3ccccc3F)nc12.Cc1cnn2c(NCc3cccnc3)cc(-c3ccccc3)nc12. The molecule has 0 fully saturated rings. The standard InChI is InChI=1S/C20H14FN5.C19H17N5/c1-2-15-13-24-26-19(23-12-14-6-5-9-22-11-14)10-18(25-20(15)26)16-7-3-4-8-17(16)21;1-14-11-22-24-18(21-13-15-6-5-9-20-12-15)10-17(23-19(14)24)16-7-3-2-4-8-16/h1,3-11,13,23H,12H2;2-12,21H,13H2,1H3. The second kappa shape index (κ2) is 14.5. The van der Waals surface area contributed by atoms with Crippen LogP contribution in [-0.2, 0) is 13.1 Å². The van der Waals surface area contributed by atoms with Crippen LogP contribution in [0.3, 0.4) is 0 Å². The van der Waals surface area contributed by atoms with Crippen LogP contribution in [0.15, 0.2) is 128 Å². The molecule has 244 valence electrons. The van der Waals surface area contributed by atoms with Crippen LogP contribution in [0.4, 0.5) is 16.0 Å². The van der Waals surface area contributed by atoms with Crippen LogP contribution >= 0.6 is 0 Å². The van der Waals surface area contributed by atoms with E-state index < -0.39 is 0 Å². The zero-order valence-electron chi connectivity index (χ0n) is 27.1. The van der Waals surface area contributed by atoms with Crippen LogP contribution in [0.1, 0.15) is 22.3 Å². The predicted molar refractivity (Wildman–Crippen MR) is 193 cm³/mol. The molecule has 0 aliphatic heterocycles. The largest absolute Gasteiger partial charge is 0.366 e. The van der Waals surface area contributed by atoms with Crippen LogP contribution in [0.25, 0.3) is 33.8 Å². The first-order valence-electron chi connectivity index (χ1n) is 15.8. The molecule has 8 rings (SSSR count). The number of terminal acetylenes is 1. The Bertz CT molecular complexity index is 2420. The van der Waals surface area contributed by atoms with E-state index in [2.05, 4.69) is 53.8 Å². The fourth-order valence-electron chi connectivity index (χ4n) is 5.34. The van der Waals surface area contributed by atoms with Gasteiger partial charge in [0.1, 0.15) is 17.5 Å². The highest BCUT2D eigenvalue weighted by molar-refractivity contribution is 5.70. The van der Waals surface area contributed by atoms with Gasteiger partial charge in [-0.15, -0.1) is 6.42 Å². The van der Waals surface area contributed by atoms with Crippen LogP contribution in [0, 0.1) is 25.1 Å². The molecule has 0 spiro atoms. The summed E-state index contributed by atoms with van der Waals surface area (Å²) in [6.45, 7) is 3.24. The molecule has 0 unspecified atom stereocenters. The maximum atomic E-state index is 14.2.